The zero-order valence-corrected chi connectivity index (χ0v) is 10.5. The van der Waals surface area contributed by atoms with Crippen molar-refractivity contribution in [3.63, 3.8) is 0 Å². The van der Waals surface area contributed by atoms with E-state index in [0.717, 1.165) is 24.3 Å². The molecule has 0 saturated carbocycles. The third-order valence-corrected chi connectivity index (χ3v) is 2.34. The van der Waals surface area contributed by atoms with Crippen molar-refractivity contribution in [1.29, 1.82) is 0 Å². The van der Waals surface area contributed by atoms with Crippen LogP contribution in [0.25, 0.3) is 0 Å². The molecule has 0 aliphatic heterocycles. The van der Waals surface area contributed by atoms with Gasteiger partial charge < -0.3 is 10.1 Å². The molecule has 0 spiro atoms. The molecule has 1 rings (SSSR count). The first-order valence-electron chi connectivity index (χ1n) is 6.01. The molecule has 0 aliphatic rings. The molecule has 0 atom stereocenters. The molecule has 1 aromatic rings. The molecule has 3 heteroatoms. The minimum atomic E-state index is -0.225. The molecule has 0 aliphatic carbocycles. The summed E-state index contributed by atoms with van der Waals surface area (Å²) in [5, 5.41) is 3.24. The Morgan fingerprint density at radius 2 is 2.24 bits per heavy atom. The van der Waals surface area contributed by atoms with Crippen LogP contribution in [0.15, 0.2) is 30.4 Å². The fourth-order valence-electron chi connectivity index (χ4n) is 1.46. The summed E-state index contributed by atoms with van der Waals surface area (Å²) in [5.41, 5.74) is 0.864. The van der Waals surface area contributed by atoms with Crippen LogP contribution in [0.1, 0.15) is 25.8 Å². The number of hydrogen-bond donors (Lipinski definition) is 1. The molecule has 0 heterocycles. The van der Waals surface area contributed by atoms with Gasteiger partial charge in [0.05, 0.1) is 0 Å². The van der Waals surface area contributed by atoms with E-state index in [9.17, 15) is 4.39 Å². The molecule has 1 N–H and O–H groups in total. The molecule has 94 valence electrons. The third-order valence-electron chi connectivity index (χ3n) is 2.34. The lowest BCUT2D eigenvalue weighted by atomic mass is 10.2. The van der Waals surface area contributed by atoms with Gasteiger partial charge in [-0.05, 0) is 38.1 Å². The van der Waals surface area contributed by atoms with Crippen molar-refractivity contribution in [3.05, 3.63) is 41.7 Å². The highest BCUT2D eigenvalue weighted by atomic mass is 19.1. The van der Waals surface area contributed by atoms with Gasteiger partial charge in [-0.2, -0.15) is 0 Å². The van der Waals surface area contributed by atoms with E-state index in [0.29, 0.717) is 13.2 Å². The number of halogens is 1. The van der Waals surface area contributed by atoms with E-state index in [4.69, 9.17) is 4.74 Å². The topological polar surface area (TPSA) is 21.3 Å². The molecule has 17 heavy (non-hydrogen) atoms. The lowest BCUT2D eigenvalue weighted by Crippen LogP contribution is -2.15. The van der Waals surface area contributed by atoms with Gasteiger partial charge in [-0.15, -0.1) is 0 Å². The lowest BCUT2D eigenvalue weighted by Gasteiger charge is -2.11. The first-order chi connectivity index (χ1) is 8.27. The van der Waals surface area contributed by atoms with Crippen LogP contribution < -0.4 is 10.1 Å². The van der Waals surface area contributed by atoms with Crippen molar-refractivity contribution in [3.8, 4) is 5.75 Å². The van der Waals surface area contributed by atoms with Crippen LogP contribution in [0, 0.1) is 5.82 Å². The molecule has 0 radical (unpaired) electrons. The van der Waals surface area contributed by atoms with E-state index in [-0.39, 0.29) is 5.82 Å². The fourth-order valence-corrected chi connectivity index (χ4v) is 1.46. The Labute approximate surface area is 102 Å². The van der Waals surface area contributed by atoms with Crippen LogP contribution in [0.3, 0.4) is 0 Å². The summed E-state index contributed by atoms with van der Waals surface area (Å²) in [5.74, 6) is 0.518. The largest absolute Gasteiger partial charge is 0.489 e. The van der Waals surface area contributed by atoms with Crippen molar-refractivity contribution in [1.82, 2.24) is 5.32 Å². The van der Waals surface area contributed by atoms with Gasteiger partial charge in [-0.1, -0.05) is 19.1 Å². The minimum absolute atomic E-state index is 0.225. The Morgan fingerprint density at radius 3 is 2.94 bits per heavy atom. The zero-order valence-electron chi connectivity index (χ0n) is 10.5. The molecular formula is C14H20FNO. The smallest absolute Gasteiger partial charge is 0.124 e. The molecular weight excluding hydrogens is 217 g/mol. The maximum Gasteiger partial charge on any atom is 0.124 e. The van der Waals surface area contributed by atoms with Gasteiger partial charge in [0.25, 0.3) is 0 Å². The summed E-state index contributed by atoms with van der Waals surface area (Å²) in [6, 6.07) is 4.63. The van der Waals surface area contributed by atoms with Gasteiger partial charge in [0.2, 0.25) is 0 Å². The number of rotatable bonds is 7. The molecule has 0 saturated heterocycles. The lowest BCUT2D eigenvalue weighted by molar-refractivity contribution is 0.356. The molecule has 0 fully saturated rings. The number of ether oxygens (including phenoxy) is 1. The van der Waals surface area contributed by atoms with E-state index >= 15 is 0 Å². The Kier molecular flexibility index (Phi) is 6.33. The second kappa shape index (κ2) is 7.85. The van der Waals surface area contributed by atoms with Crippen LogP contribution in [0.5, 0.6) is 5.75 Å². The van der Waals surface area contributed by atoms with E-state index in [1.165, 1.54) is 12.1 Å². The van der Waals surface area contributed by atoms with Crippen LogP contribution in [0.2, 0.25) is 0 Å². The van der Waals surface area contributed by atoms with E-state index in [2.05, 4.69) is 12.2 Å². The van der Waals surface area contributed by atoms with E-state index < -0.39 is 0 Å². The maximum absolute atomic E-state index is 13.1. The standard InChI is InChI=1S/C14H20FNO/c1-3-5-9-17-14-7-6-13(15)10-12(14)11-16-8-4-2/h3,5-7,10,16H,4,8-9,11H2,1-2H3/b5-3+. The van der Waals surface area contributed by atoms with Crippen LogP contribution in [-0.2, 0) is 6.54 Å². The van der Waals surface area contributed by atoms with Gasteiger partial charge in [-0.3, -0.25) is 0 Å². The van der Waals surface area contributed by atoms with E-state index in [1.807, 2.05) is 19.1 Å². The minimum Gasteiger partial charge on any atom is -0.489 e. The van der Waals surface area contributed by atoms with Crippen molar-refractivity contribution < 1.29 is 9.13 Å². The van der Waals surface area contributed by atoms with Crippen LogP contribution in [0.4, 0.5) is 4.39 Å². The monoisotopic (exact) mass is 237 g/mol. The normalized spacial score (nSPS) is 11.0. The summed E-state index contributed by atoms with van der Waals surface area (Å²) in [6.07, 6.45) is 4.91. The van der Waals surface area contributed by atoms with Crippen molar-refractivity contribution >= 4 is 0 Å². The highest BCUT2D eigenvalue weighted by Crippen LogP contribution is 2.19. The van der Waals surface area contributed by atoms with Gasteiger partial charge in [-0.25, -0.2) is 4.39 Å². The quantitative estimate of drug-likeness (QED) is 0.580. The fraction of sp³-hybridized carbons (Fsp3) is 0.429. The Balaban J connectivity index is 2.65. The average molecular weight is 237 g/mol. The summed E-state index contributed by atoms with van der Waals surface area (Å²) in [4.78, 5) is 0. The van der Waals surface area contributed by atoms with Crippen molar-refractivity contribution in [2.75, 3.05) is 13.2 Å². The number of allylic oxidation sites excluding steroid dienone is 1. The average Bonchev–Trinajstić information content (AvgIpc) is 2.32. The second-order valence-corrected chi connectivity index (χ2v) is 3.81. The highest BCUT2D eigenvalue weighted by molar-refractivity contribution is 5.34. The molecule has 2 nitrogen and oxygen atoms in total. The second-order valence-electron chi connectivity index (χ2n) is 3.81. The number of nitrogens with one attached hydrogen (secondary N) is 1. The Hall–Kier alpha value is -1.35. The van der Waals surface area contributed by atoms with Gasteiger partial charge >= 0.3 is 0 Å². The predicted octanol–water partition coefficient (Wildman–Crippen LogP) is 3.28. The first kappa shape index (κ1) is 13.7. The predicted molar refractivity (Wildman–Crippen MR) is 68.7 cm³/mol. The first-order valence-corrected chi connectivity index (χ1v) is 6.01. The van der Waals surface area contributed by atoms with Crippen LogP contribution >= 0.6 is 0 Å². The molecule has 0 amide bonds. The third kappa shape index (κ3) is 5.00. The summed E-state index contributed by atoms with van der Waals surface area (Å²) < 4.78 is 18.7. The SMILES string of the molecule is C/C=C/COc1ccc(F)cc1CNCCC. The van der Waals surface area contributed by atoms with Gasteiger partial charge in [0.15, 0.2) is 0 Å². The molecule has 0 aromatic heterocycles. The molecule has 0 unspecified atom stereocenters. The summed E-state index contributed by atoms with van der Waals surface area (Å²) in [6.45, 7) is 6.12. The highest BCUT2D eigenvalue weighted by Gasteiger charge is 2.04. The van der Waals surface area contributed by atoms with Crippen molar-refractivity contribution in [2.45, 2.75) is 26.8 Å². The van der Waals surface area contributed by atoms with E-state index in [1.54, 1.807) is 6.07 Å². The van der Waals surface area contributed by atoms with Gasteiger partial charge in [0, 0.05) is 12.1 Å². The van der Waals surface area contributed by atoms with Crippen molar-refractivity contribution in [2.24, 2.45) is 0 Å². The Morgan fingerprint density at radius 1 is 1.41 bits per heavy atom. The Bertz CT molecular complexity index is 363. The number of benzene rings is 1. The van der Waals surface area contributed by atoms with Gasteiger partial charge in [0.1, 0.15) is 18.2 Å². The zero-order chi connectivity index (χ0) is 12.5. The summed E-state index contributed by atoms with van der Waals surface area (Å²) in [7, 11) is 0. The van der Waals surface area contributed by atoms with Crippen LogP contribution in [-0.4, -0.2) is 13.2 Å². The molecule has 0 bridgehead atoms. The number of hydrogen-bond acceptors (Lipinski definition) is 2. The molecule has 1 aromatic carbocycles. The maximum atomic E-state index is 13.1. The summed E-state index contributed by atoms with van der Waals surface area (Å²) >= 11 is 0.